The second-order valence-corrected chi connectivity index (χ2v) is 4.59. The zero-order valence-electron chi connectivity index (χ0n) is 8.03. The molecule has 0 fully saturated rings. The molecular weight excluding hydrogens is 330 g/mol. The molecule has 0 aliphatic carbocycles. The fourth-order valence-electron chi connectivity index (χ4n) is 0.690. The van der Waals surface area contributed by atoms with E-state index in [0.29, 0.717) is 0 Å². The van der Waals surface area contributed by atoms with Crippen LogP contribution in [0.5, 0.6) is 0 Å². The van der Waals surface area contributed by atoms with Gasteiger partial charge in [0.1, 0.15) is 0 Å². The maximum atomic E-state index is 12.5. The Morgan fingerprint density at radius 2 is 1.16 bits per heavy atom. The third-order valence-electron chi connectivity index (χ3n) is 1.73. The van der Waals surface area contributed by atoms with Crippen molar-refractivity contribution in [2.24, 2.45) is 0 Å². The Balaban J connectivity index is 5.83. The first-order valence-corrected chi connectivity index (χ1v) is 5.16. The van der Waals surface area contributed by atoms with Gasteiger partial charge in [0.15, 0.2) is 0 Å². The van der Waals surface area contributed by atoms with E-state index in [4.69, 9.17) is 4.55 Å². The molecule has 116 valence electrons. The van der Waals surface area contributed by atoms with Crippen LogP contribution in [0, 0.1) is 0 Å². The highest BCUT2D eigenvalue weighted by Crippen LogP contribution is 2.52. The van der Waals surface area contributed by atoms with E-state index >= 15 is 0 Å². The first kappa shape index (κ1) is 18.2. The molecule has 0 bridgehead atoms. The third kappa shape index (κ3) is 2.73. The minimum Gasteiger partial charge on any atom is -0.281 e. The highest BCUT2D eigenvalue weighted by Gasteiger charge is 2.81. The van der Waals surface area contributed by atoms with E-state index in [-0.39, 0.29) is 0 Å². The number of halogens is 10. The molecule has 19 heavy (non-hydrogen) atoms. The SMILES string of the molecule is O=S(=O)(O)C(F)(F)C(F)C(F)(F)C(F)(F)C(F)(F)F. The van der Waals surface area contributed by atoms with Gasteiger partial charge < -0.3 is 0 Å². The van der Waals surface area contributed by atoms with E-state index < -0.39 is 39.6 Å². The fraction of sp³-hybridized carbons (Fsp3) is 1.00. The van der Waals surface area contributed by atoms with Crippen LogP contribution in [0.4, 0.5) is 43.9 Å². The molecule has 1 atom stereocenters. The maximum Gasteiger partial charge on any atom is 0.459 e. The standard InChI is InChI=1S/C5H2F10O3S/c6-1(3(9,10)19(16,17)18)2(7,8)4(11,12)5(13,14)15/h1H,(H,16,17,18). The quantitative estimate of drug-likeness (QED) is 0.636. The van der Waals surface area contributed by atoms with Gasteiger partial charge in [-0.3, -0.25) is 4.55 Å². The zero-order chi connectivity index (χ0) is 16.1. The summed E-state index contributed by atoms with van der Waals surface area (Å²) in [6, 6.07) is 0. The van der Waals surface area contributed by atoms with Gasteiger partial charge in [0, 0.05) is 0 Å². The lowest BCUT2D eigenvalue weighted by Crippen LogP contribution is -2.62. The van der Waals surface area contributed by atoms with Gasteiger partial charge in [-0.05, 0) is 0 Å². The molecule has 0 amide bonds. The highest BCUT2D eigenvalue weighted by atomic mass is 32.2. The normalized spacial score (nSPS) is 17.4. The number of alkyl halides is 10. The Labute approximate surface area is 97.5 Å². The van der Waals surface area contributed by atoms with Crippen LogP contribution in [0.15, 0.2) is 0 Å². The summed E-state index contributed by atoms with van der Waals surface area (Å²) in [6.07, 6.45) is -13.0. The van der Waals surface area contributed by atoms with Crippen molar-refractivity contribution < 1.29 is 56.9 Å². The highest BCUT2D eigenvalue weighted by molar-refractivity contribution is 7.86. The predicted octanol–water partition coefficient (Wildman–Crippen LogP) is 2.64. The molecule has 1 unspecified atom stereocenters. The van der Waals surface area contributed by atoms with Crippen LogP contribution in [-0.2, 0) is 10.1 Å². The summed E-state index contributed by atoms with van der Waals surface area (Å²) >= 11 is 0. The lowest BCUT2D eigenvalue weighted by Gasteiger charge is -2.32. The second-order valence-electron chi connectivity index (χ2n) is 3.09. The Kier molecular flexibility index (Phi) is 4.18. The van der Waals surface area contributed by atoms with Crippen molar-refractivity contribution in [2.45, 2.75) is 29.4 Å². The molecule has 0 saturated heterocycles. The van der Waals surface area contributed by atoms with Crippen LogP contribution >= 0.6 is 0 Å². The summed E-state index contributed by atoms with van der Waals surface area (Å²) in [5.74, 6) is -14.4. The minimum atomic E-state index is -7.28. The summed E-state index contributed by atoms with van der Waals surface area (Å²) in [5.41, 5.74) is 0. The second kappa shape index (κ2) is 4.36. The monoisotopic (exact) mass is 332 g/mol. The van der Waals surface area contributed by atoms with Crippen molar-refractivity contribution in [2.75, 3.05) is 0 Å². The number of rotatable bonds is 4. The van der Waals surface area contributed by atoms with Crippen LogP contribution < -0.4 is 0 Å². The van der Waals surface area contributed by atoms with Crippen molar-refractivity contribution in [3.8, 4) is 0 Å². The zero-order valence-corrected chi connectivity index (χ0v) is 8.85. The van der Waals surface area contributed by atoms with E-state index in [9.17, 15) is 52.3 Å². The molecule has 0 spiro atoms. The molecule has 0 rings (SSSR count). The maximum absolute atomic E-state index is 12.5. The first-order valence-electron chi connectivity index (χ1n) is 3.72. The van der Waals surface area contributed by atoms with Gasteiger partial charge in [0.2, 0.25) is 0 Å². The third-order valence-corrected chi connectivity index (χ3v) is 2.63. The van der Waals surface area contributed by atoms with Crippen LogP contribution in [-0.4, -0.2) is 42.4 Å². The van der Waals surface area contributed by atoms with E-state index in [0.717, 1.165) is 0 Å². The molecule has 0 aliphatic heterocycles. The van der Waals surface area contributed by atoms with Crippen LogP contribution in [0.25, 0.3) is 0 Å². The lowest BCUT2D eigenvalue weighted by atomic mass is 10.1. The van der Waals surface area contributed by atoms with Crippen LogP contribution in [0.1, 0.15) is 0 Å². The van der Waals surface area contributed by atoms with Crippen molar-refractivity contribution >= 4 is 10.1 Å². The predicted molar refractivity (Wildman–Crippen MR) is 37.3 cm³/mol. The molecule has 0 aromatic heterocycles. The average Bonchev–Trinajstić information content (AvgIpc) is 2.12. The van der Waals surface area contributed by atoms with Crippen molar-refractivity contribution in [1.82, 2.24) is 0 Å². The van der Waals surface area contributed by atoms with Gasteiger partial charge >= 0.3 is 33.4 Å². The Bertz CT molecular complexity index is 437. The Morgan fingerprint density at radius 3 is 1.37 bits per heavy atom. The van der Waals surface area contributed by atoms with E-state index in [1.54, 1.807) is 0 Å². The number of hydrogen-bond donors (Lipinski definition) is 1. The van der Waals surface area contributed by atoms with Gasteiger partial charge in [-0.15, -0.1) is 0 Å². The molecule has 0 radical (unpaired) electrons. The molecule has 0 heterocycles. The molecule has 0 aromatic carbocycles. The van der Waals surface area contributed by atoms with Crippen LogP contribution in [0.3, 0.4) is 0 Å². The largest absolute Gasteiger partial charge is 0.459 e. The fourth-order valence-corrected chi connectivity index (χ4v) is 1.10. The molecule has 0 saturated carbocycles. The Morgan fingerprint density at radius 1 is 0.842 bits per heavy atom. The van der Waals surface area contributed by atoms with Crippen molar-refractivity contribution in [1.29, 1.82) is 0 Å². The van der Waals surface area contributed by atoms with E-state index in [1.807, 2.05) is 0 Å². The van der Waals surface area contributed by atoms with Crippen molar-refractivity contribution in [3.63, 3.8) is 0 Å². The van der Waals surface area contributed by atoms with E-state index in [1.165, 1.54) is 0 Å². The van der Waals surface area contributed by atoms with E-state index in [2.05, 4.69) is 0 Å². The van der Waals surface area contributed by atoms with Crippen LogP contribution in [0.2, 0.25) is 0 Å². The summed E-state index contributed by atoms with van der Waals surface area (Å²) in [6.45, 7) is 0. The molecule has 0 aliphatic rings. The van der Waals surface area contributed by atoms with Gasteiger partial charge in [0.25, 0.3) is 6.17 Å². The molecular formula is C5H2F10O3S. The molecule has 1 N–H and O–H groups in total. The molecule has 3 nitrogen and oxygen atoms in total. The first-order chi connectivity index (χ1) is 7.90. The topological polar surface area (TPSA) is 54.4 Å². The lowest BCUT2D eigenvalue weighted by molar-refractivity contribution is -0.373. The smallest absolute Gasteiger partial charge is 0.281 e. The summed E-state index contributed by atoms with van der Waals surface area (Å²) < 4.78 is 148. The summed E-state index contributed by atoms with van der Waals surface area (Å²) in [4.78, 5) is 0. The molecule has 14 heteroatoms. The van der Waals surface area contributed by atoms with Gasteiger partial charge in [-0.25, -0.2) is 4.39 Å². The number of hydrogen-bond acceptors (Lipinski definition) is 2. The summed E-state index contributed by atoms with van der Waals surface area (Å²) in [5, 5.41) is -6.56. The Hall–Kier alpha value is -0.790. The summed E-state index contributed by atoms with van der Waals surface area (Å²) in [7, 11) is -6.98. The molecule has 0 aromatic rings. The average molecular weight is 332 g/mol. The minimum absolute atomic E-state index is 5.83. The van der Waals surface area contributed by atoms with Gasteiger partial charge in [-0.1, -0.05) is 0 Å². The van der Waals surface area contributed by atoms with Crippen molar-refractivity contribution in [3.05, 3.63) is 0 Å². The van der Waals surface area contributed by atoms with Gasteiger partial charge in [0.05, 0.1) is 0 Å². The van der Waals surface area contributed by atoms with Gasteiger partial charge in [-0.2, -0.15) is 47.9 Å².